The minimum Gasteiger partial charge on any atom is -0.480 e. The van der Waals surface area contributed by atoms with Crippen molar-refractivity contribution < 1.29 is 24.2 Å². The summed E-state index contributed by atoms with van der Waals surface area (Å²) >= 11 is 0. The number of amides is 2. The molecule has 7 heteroatoms. The zero-order chi connectivity index (χ0) is 25.6. The first-order chi connectivity index (χ1) is 16.6. The molecule has 0 bridgehead atoms. The lowest BCUT2D eigenvalue weighted by atomic mass is 9.84. The number of carboxylic acids is 1. The lowest BCUT2D eigenvalue weighted by molar-refractivity contribution is -0.146. The molecule has 7 nitrogen and oxygen atoms in total. The fourth-order valence-electron chi connectivity index (χ4n) is 4.80. The highest BCUT2D eigenvalue weighted by Crippen LogP contribution is 2.44. The van der Waals surface area contributed by atoms with Gasteiger partial charge in [-0.25, -0.2) is 4.79 Å². The molecule has 35 heavy (non-hydrogen) atoms. The first-order valence-electron chi connectivity index (χ1n) is 12.2. The van der Waals surface area contributed by atoms with E-state index in [0.29, 0.717) is 19.4 Å². The molecule has 0 aromatic heterocycles. The average molecular weight is 481 g/mol. The molecule has 1 unspecified atom stereocenters. The van der Waals surface area contributed by atoms with Crippen molar-refractivity contribution in [1.29, 1.82) is 0 Å². The van der Waals surface area contributed by atoms with Crippen molar-refractivity contribution in [2.45, 2.75) is 46.5 Å². The first kappa shape index (κ1) is 26.3. The average Bonchev–Trinajstić information content (AvgIpc) is 3.12. The molecule has 188 valence electrons. The van der Waals surface area contributed by atoms with Crippen LogP contribution in [0.3, 0.4) is 0 Å². The fourth-order valence-corrected chi connectivity index (χ4v) is 4.80. The quantitative estimate of drug-likeness (QED) is 0.504. The SMILES string of the molecule is CCCN(CC(=O)O)C(=O)C(CNC(=O)OCC1c2ccccc2-c2ccccc21)CC(C)(C)C. The van der Waals surface area contributed by atoms with Crippen LogP contribution >= 0.6 is 0 Å². The molecule has 2 amide bonds. The molecule has 1 aliphatic rings. The molecule has 0 saturated heterocycles. The van der Waals surface area contributed by atoms with Crippen LogP contribution in [0.4, 0.5) is 4.79 Å². The van der Waals surface area contributed by atoms with Crippen LogP contribution in [0.25, 0.3) is 11.1 Å². The van der Waals surface area contributed by atoms with E-state index in [2.05, 4.69) is 29.6 Å². The van der Waals surface area contributed by atoms with Crippen molar-refractivity contribution in [3.63, 3.8) is 0 Å². The number of hydrogen-bond donors (Lipinski definition) is 2. The van der Waals surface area contributed by atoms with Gasteiger partial charge in [-0.2, -0.15) is 0 Å². The first-order valence-corrected chi connectivity index (χ1v) is 12.2. The van der Waals surface area contributed by atoms with Crippen LogP contribution in [-0.4, -0.2) is 54.2 Å². The molecule has 0 spiro atoms. The van der Waals surface area contributed by atoms with E-state index in [-0.39, 0.29) is 36.9 Å². The Labute approximate surface area is 207 Å². The third kappa shape index (κ3) is 6.84. The van der Waals surface area contributed by atoms with Crippen LogP contribution in [0.1, 0.15) is 57.6 Å². The van der Waals surface area contributed by atoms with Crippen LogP contribution in [0.2, 0.25) is 0 Å². The highest BCUT2D eigenvalue weighted by Gasteiger charge is 2.31. The Morgan fingerprint density at radius 3 is 2.11 bits per heavy atom. The molecule has 1 aliphatic carbocycles. The van der Waals surface area contributed by atoms with Crippen molar-refractivity contribution in [2.75, 3.05) is 26.2 Å². The number of carboxylic acid groups (broad SMARTS) is 1. The smallest absolute Gasteiger partial charge is 0.407 e. The Morgan fingerprint density at radius 2 is 1.60 bits per heavy atom. The van der Waals surface area contributed by atoms with Gasteiger partial charge in [-0.15, -0.1) is 0 Å². The van der Waals surface area contributed by atoms with Crippen molar-refractivity contribution in [3.05, 3.63) is 59.7 Å². The second-order valence-electron chi connectivity index (χ2n) is 10.3. The molecule has 0 radical (unpaired) electrons. The number of ether oxygens (including phenoxy) is 1. The standard InChI is InChI=1S/C28H36N2O5/c1-5-14-30(17-25(31)32)26(33)19(15-28(2,3)4)16-29-27(34)35-18-24-22-12-8-6-10-20(22)21-11-7-9-13-23(21)24/h6-13,19,24H,5,14-18H2,1-4H3,(H,29,34)(H,31,32). The molecule has 2 aromatic carbocycles. The number of rotatable bonds is 10. The van der Waals surface area contributed by atoms with Gasteiger partial charge in [0.15, 0.2) is 0 Å². The Bertz CT molecular complexity index is 1010. The minimum absolute atomic E-state index is 0.0456. The van der Waals surface area contributed by atoms with Crippen LogP contribution in [-0.2, 0) is 14.3 Å². The Kier molecular flexibility index (Phi) is 8.54. The lowest BCUT2D eigenvalue weighted by Gasteiger charge is -2.30. The summed E-state index contributed by atoms with van der Waals surface area (Å²) in [5, 5.41) is 12.0. The second kappa shape index (κ2) is 11.4. The second-order valence-corrected chi connectivity index (χ2v) is 10.3. The predicted molar refractivity (Wildman–Crippen MR) is 135 cm³/mol. The van der Waals surface area contributed by atoms with E-state index in [0.717, 1.165) is 22.3 Å². The van der Waals surface area contributed by atoms with Gasteiger partial charge in [-0.05, 0) is 40.5 Å². The van der Waals surface area contributed by atoms with E-state index >= 15 is 0 Å². The van der Waals surface area contributed by atoms with Gasteiger partial charge in [0.2, 0.25) is 5.91 Å². The van der Waals surface area contributed by atoms with Gasteiger partial charge in [-0.1, -0.05) is 76.2 Å². The van der Waals surface area contributed by atoms with Crippen molar-refractivity contribution in [2.24, 2.45) is 11.3 Å². The molecule has 2 N–H and O–H groups in total. The molecule has 3 rings (SSSR count). The molecule has 0 fully saturated rings. The number of carbonyl (C=O) groups is 3. The lowest BCUT2D eigenvalue weighted by Crippen LogP contribution is -2.45. The number of hydrogen-bond acceptors (Lipinski definition) is 4. The molecule has 0 aliphatic heterocycles. The summed E-state index contributed by atoms with van der Waals surface area (Å²) in [7, 11) is 0. The maximum absolute atomic E-state index is 13.2. The van der Waals surface area contributed by atoms with E-state index in [1.54, 1.807) is 0 Å². The summed E-state index contributed by atoms with van der Waals surface area (Å²) in [6.07, 6.45) is 0.579. The van der Waals surface area contributed by atoms with Crippen LogP contribution in [0, 0.1) is 11.3 Å². The van der Waals surface area contributed by atoms with Gasteiger partial charge in [-0.3, -0.25) is 9.59 Å². The Hall–Kier alpha value is -3.35. The van der Waals surface area contributed by atoms with E-state index < -0.39 is 18.0 Å². The van der Waals surface area contributed by atoms with Gasteiger partial charge in [0, 0.05) is 19.0 Å². The third-order valence-corrected chi connectivity index (χ3v) is 6.18. The highest BCUT2D eigenvalue weighted by atomic mass is 16.5. The Balaban J connectivity index is 1.65. The number of nitrogens with one attached hydrogen (secondary N) is 1. The topological polar surface area (TPSA) is 95.9 Å². The van der Waals surface area contributed by atoms with Gasteiger partial charge in [0.25, 0.3) is 0 Å². The van der Waals surface area contributed by atoms with Gasteiger partial charge in [0.05, 0.1) is 5.92 Å². The summed E-state index contributed by atoms with van der Waals surface area (Å²) in [5.74, 6) is -1.90. The Morgan fingerprint density at radius 1 is 1.03 bits per heavy atom. The van der Waals surface area contributed by atoms with Crippen molar-refractivity contribution in [1.82, 2.24) is 10.2 Å². The number of aliphatic carboxylic acids is 1. The summed E-state index contributed by atoms with van der Waals surface area (Å²) in [5.41, 5.74) is 4.40. The van der Waals surface area contributed by atoms with E-state index in [4.69, 9.17) is 4.74 Å². The third-order valence-electron chi connectivity index (χ3n) is 6.18. The zero-order valence-electron chi connectivity index (χ0n) is 21.0. The summed E-state index contributed by atoms with van der Waals surface area (Å²) in [6, 6.07) is 16.3. The van der Waals surface area contributed by atoms with E-state index in [1.807, 2.05) is 52.0 Å². The van der Waals surface area contributed by atoms with E-state index in [1.165, 1.54) is 4.90 Å². The van der Waals surface area contributed by atoms with Gasteiger partial charge < -0.3 is 20.1 Å². The summed E-state index contributed by atoms with van der Waals surface area (Å²) < 4.78 is 5.60. The molecular formula is C28H36N2O5. The van der Waals surface area contributed by atoms with E-state index in [9.17, 15) is 19.5 Å². The predicted octanol–water partition coefficient (Wildman–Crippen LogP) is 4.90. The zero-order valence-corrected chi connectivity index (χ0v) is 21.0. The number of carbonyl (C=O) groups excluding carboxylic acids is 2. The maximum Gasteiger partial charge on any atom is 0.407 e. The molecular weight excluding hydrogens is 444 g/mol. The summed E-state index contributed by atoms with van der Waals surface area (Å²) in [6.45, 7) is 8.24. The monoisotopic (exact) mass is 480 g/mol. The molecule has 0 saturated carbocycles. The van der Waals surface area contributed by atoms with Crippen LogP contribution < -0.4 is 5.32 Å². The van der Waals surface area contributed by atoms with Gasteiger partial charge in [0.1, 0.15) is 13.2 Å². The minimum atomic E-state index is -1.05. The van der Waals surface area contributed by atoms with Crippen LogP contribution in [0.5, 0.6) is 0 Å². The number of fused-ring (bicyclic) bond motifs is 3. The number of benzene rings is 2. The fraction of sp³-hybridized carbons (Fsp3) is 0.464. The normalized spacial score (nSPS) is 13.5. The molecule has 2 aromatic rings. The van der Waals surface area contributed by atoms with Gasteiger partial charge >= 0.3 is 12.1 Å². The van der Waals surface area contributed by atoms with Crippen LogP contribution in [0.15, 0.2) is 48.5 Å². The number of alkyl carbamates (subject to hydrolysis) is 1. The van der Waals surface area contributed by atoms with Crippen molar-refractivity contribution >= 4 is 18.0 Å². The maximum atomic E-state index is 13.2. The largest absolute Gasteiger partial charge is 0.480 e. The summed E-state index contributed by atoms with van der Waals surface area (Å²) in [4.78, 5) is 38.4. The molecule has 1 atom stereocenters. The highest BCUT2D eigenvalue weighted by molar-refractivity contribution is 5.84. The van der Waals surface area contributed by atoms with Crippen molar-refractivity contribution in [3.8, 4) is 11.1 Å². The number of nitrogens with zero attached hydrogens (tertiary/aromatic N) is 1. The molecule has 0 heterocycles.